The van der Waals surface area contributed by atoms with Gasteiger partial charge in [0, 0.05) is 5.56 Å². The van der Waals surface area contributed by atoms with Crippen molar-refractivity contribution in [2.45, 2.75) is 13.3 Å². The molecule has 6 heteroatoms. The van der Waals surface area contributed by atoms with Crippen molar-refractivity contribution in [3.63, 3.8) is 0 Å². The van der Waals surface area contributed by atoms with Gasteiger partial charge in [-0.05, 0) is 36.8 Å². The maximum atomic E-state index is 5.77. The summed E-state index contributed by atoms with van der Waals surface area (Å²) in [7, 11) is 0. The first kappa shape index (κ1) is 14.3. The van der Waals surface area contributed by atoms with E-state index in [0.29, 0.717) is 18.2 Å². The highest BCUT2D eigenvalue weighted by Crippen LogP contribution is 2.21. The van der Waals surface area contributed by atoms with Crippen LogP contribution in [0.25, 0.3) is 17.1 Å². The van der Waals surface area contributed by atoms with Crippen molar-refractivity contribution in [1.29, 1.82) is 0 Å². The third-order valence-corrected chi connectivity index (χ3v) is 3.74. The molecule has 4 aromatic rings. The van der Waals surface area contributed by atoms with Gasteiger partial charge in [0.2, 0.25) is 11.8 Å². The van der Waals surface area contributed by atoms with Gasteiger partial charge >= 0.3 is 0 Å². The van der Waals surface area contributed by atoms with Crippen LogP contribution in [-0.4, -0.2) is 25.2 Å². The summed E-state index contributed by atoms with van der Waals surface area (Å²) in [6, 6.07) is 17.9. The molecule has 0 aliphatic heterocycles. The van der Waals surface area contributed by atoms with E-state index in [1.165, 1.54) is 0 Å². The molecule has 2 aromatic carbocycles. The van der Waals surface area contributed by atoms with Crippen LogP contribution in [-0.2, 0) is 6.42 Å². The van der Waals surface area contributed by atoms with Gasteiger partial charge in [0.25, 0.3) is 0 Å². The Morgan fingerprint density at radius 3 is 2.46 bits per heavy atom. The summed E-state index contributed by atoms with van der Waals surface area (Å²) in [6.45, 7) is 1.96. The molecule has 0 atom stereocenters. The second kappa shape index (κ2) is 6.08. The molecule has 0 saturated heterocycles. The molecular formula is C18H15N5O. The van der Waals surface area contributed by atoms with Gasteiger partial charge in [0.05, 0.1) is 24.0 Å². The van der Waals surface area contributed by atoms with Crippen LogP contribution in [0.4, 0.5) is 0 Å². The minimum Gasteiger partial charge on any atom is -0.420 e. The van der Waals surface area contributed by atoms with Crippen LogP contribution < -0.4 is 0 Å². The van der Waals surface area contributed by atoms with Crippen LogP contribution in [0.1, 0.15) is 17.1 Å². The molecule has 0 unspecified atom stereocenters. The van der Waals surface area contributed by atoms with E-state index in [9.17, 15) is 0 Å². The number of hydrogen-bond donors (Lipinski definition) is 0. The number of nitrogens with zero attached hydrogens (tertiary/aromatic N) is 5. The molecule has 4 rings (SSSR count). The van der Waals surface area contributed by atoms with Gasteiger partial charge in [0.1, 0.15) is 0 Å². The first-order valence-electron chi connectivity index (χ1n) is 7.64. The molecule has 0 amide bonds. The van der Waals surface area contributed by atoms with Gasteiger partial charge in [-0.2, -0.15) is 0 Å². The maximum absolute atomic E-state index is 5.77. The van der Waals surface area contributed by atoms with E-state index in [-0.39, 0.29) is 0 Å². The van der Waals surface area contributed by atoms with Crippen molar-refractivity contribution in [1.82, 2.24) is 25.2 Å². The summed E-state index contributed by atoms with van der Waals surface area (Å²) < 4.78 is 7.55. The number of hydrogen-bond acceptors (Lipinski definition) is 5. The smallest absolute Gasteiger partial charge is 0.247 e. The van der Waals surface area contributed by atoms with Crippen LogP contribution in [0.2, 0.25) is 0 Å². The summed E-state index contributed by atoms with van der Waals surface area (Å²) in [6.07, 6.45) is 2.35. The molecule has 0 aliphatic carbocycles. The highest BCUT2D eigenvalue weighted by Gasteiger charge is 2.10. The van der Waals surface area contributed by atoms with Gasteiger partial charge in [-0.3, -0.25) is 0 Å². The number of aromatic nitrogens is 5. The summed E-state index contributed by atoms with van der Waals surface area (Å²) in [4.78, 5) is 0. The molecular weight excluding hydrogens is 302 g/mol. The van der Waals surface area contributed by atoms with Gasteiger partial charge in [-0.15, -0.1) is 15.3 Å². The second-order valence-corrected chi connectivity index (χ2v) is 5.50. The van der Waals surface area contributed by atoms with Crippen LogP contribution in [0.15, 0.2) is 65.2 Å². The van der Waals surface area contributed by atoms with E-state index < -0.39 is 0 Å². The van der Waals surface area contributed by atoms with Crippen LogP contribution in [0, 0.1) is 6.92 Å². The Morgan fingerprint density at radius 2 is 1.75 bits per heavy atom. The molecule has 2 aromatic heterocycles. The molecule has 0 aliphatic rings. The molecule has 0 radical (unpaired) electrons. The summed E-state index contributed by atoms with van der Waals surface area (Å²) in [5.41, 5.74) is 3.94. The molecule has 0 bridgehead atoms. The van der Waals surface area contributed by atoms with E-state index in [4.69, 9.17) is 4.42 Å². The summed E-state index contributed by atoms with van der Waals surface area (Å²) >= 11 is 0. The predicted octanol–water partition coefficient (Wildman–Crippen LogP) is 3.22. The number of aryl methyl sites for hydroxylation is 1. The zero-order chi connectivity index (χ0) is 16.4. The first-order valence-corrected chi connectivity index (χ1v) is 7.64. The molecule has 2 heterocycles. The highest BCUT2D eigenvalue weighted by atomic mass is 16.4. The quantitative estimate of drug-likeness (QED) is 0.578. The Kier molecular flexibility index (Phi) is 3.63. The van der Waals surface area contributed by atoms with Crippen molar-refractivity contribution < 1.29 is 4.42 Å². The largest absolute Gasteiger partial charge is 0.420 e. The van der Waals surface area contributed by atoms with Crippen molar-refractivity contribution >= 4 is 0 Å². The van der Waals surface area contributed by atoms with Crippen molar-refractivity contribution in [2.24, 2.45) is 0 Å². The fraction of sp³-hybridized carbons (Fsp3) is 0.111. The van der Waals surface area contributed by atoms with Gasteiger partial charge in [-0.25, -0.2) is 4.68 Å². The standard InChI is InChI=1S/C18H15N5O/c1-13-12-19-22-23(13)16-9-7-15(8-10-16)18-21-20-17(24-18)11-14-5-3-2-4-6-14/h2-10,12H,11H2,1H3. The van der Waals surface area contributed by atoms with Crippen molar-refractivity contribution in [3.8, 4) is 17.1 Å². The third kappa shape index (κ3) is 2.81. The zero-order valence-electron chi connectivity index (χ0n) is 13.1. The third-order valence-electron chi connectivity index (χ3n) is 3.74. The van der Waals surface area contributed by atoms with E-state index in [1.807, 2.05) is 61.5 Å². The van der Waals surface area contributed by atoms with Gasteiger partial charge < -0.3 is 4.42 Å². The Balaban J connectivity index is 1.55. The lowest BCUT2D eigenvalue weighted by Gasteiger charge is -2.03. The van der Waals surface area contributed by atoms with Crippen LogP contribution in [0.5, 0.6) is 0 Å². The average molecular weight is 317 g/mol. The summed E-state index contributed by atoms with van der Waals surface area (Å²) in [5.74, 6) is 1.12. The van der Waals surface area contributed by atoms with Gasteiger partial charge in [-0.1, -0.05) is 35.5 Å². The topological polar surface area (TPSA) is 69.6 Å². The fourth-order valence-electron chi connectivity index (χ4n) is 2.50. The highest BCUT2D eigenvalue weighted by molar-refractivity contribution is 5.55. The van der Waals surface area contributed by atoms with E-state index in [1.54, 1.807) is 10.9 Å². The van der Waals surface area contributed by atoms with Crippen LogP contribution >= 0.6 is 0 Å². The monoisotopic (exact) mass is 317 g/mol. The Hall–Kier alpha value is -3.28. The molecule has 6 nitrogen and oxygen atoms in total. The molecule has 0 saturated carbocycles. The zero-order valence-corrected chi connectivity index (χ0v) is 13.1. The second-order valence-electron chi connectivity index (χ2n) is 5.50. The van der Waals surface area contributed by atoms with Crippen molar-refractivity contribution in [2.75, 3.05) is 0 Å². The molecule has 118 valence electrons. The Labute approximate surface area is 138 Å². The Bertz CT molecular complexity index is 941. The lowest BCUT2D eigenvalue weighted by molar-refractivity contribution is 0.518. The SMILES string of the molecule is Cc1cnnn1-c1ccc(-c2nnc(Cc3ccccc3)o2)cc1. The van der Waals surface area contributed by atoms with Gasteiger partial charge in [0.15, 0.2) is 0 Å². The predicted molar refractivity (Wildman–Crippen MR) is 88.6 cm³/mol. The number of rotatable bonds is 4. The molecule has 24 heavy (non-hydrogen) atoms. The molecule has 0 fully saturated rings. The van der Waals surface area contributed by atoms with E-state index in [0.717, 1.165) is 22.5 Å². The lowest BCUT2D eigenvalue weighted by atomic mass is 10.1. The Morgan fingerprint density at radius 1 is 0.958 bits per heavy atom. The van der Waals surface area contributed by atoms with E-state index in [2.05, 4.69) is 20.5 Å². The fourth-order valence-corrected chi connectivity index (χ4v) is 2.50. The van der Waals surface area contributed by atoms with Crippen LogP contribution in [0.3, 0.4) is 0 Å². The normalized spacial score (nSPS) is 10.9. The molecule has 0 spiro atoms. The summed E-state index contributed by atoms with van der Waals surface area (Å²) in [5, 5.41) is 16.2. The molecule has 0 N–H and O–H groups in total. The number of benzene rings is 2. The minimum absolute atomic E-state index is 0.516. The average Bonchev–Trinajstić information content (AvgIpc) is 3.25. The minimum atomic E-state index is 0.516. The van der Waals surface area contributed by atoms with E-state index >= 15 is 0 Å². The first-order chi connectivity index (χ1) is 11.8. The van der Waals surface area contributed by atoms with Crippen molar-refractivity contribution in [3.05, 3.63) is 77.9 Å². The lowest BCUT2D eigenvalue weighted by Crippen LogP contribution is -1.98. The maximum Gasteiger partial charge on any atom is 0.247 e.